The van der Waals surface area contributed by atoms with Crippen LogP contribution in [-0.2, 0) is 11.3 Å². The zero-order valence-corrected chi connectivity index (χ0v) is 15.1. The number of methoxy groups -OCH3 is 1. The maximum Gasteiger partial charge on any atom is 0.274 e. The van der Waals surface area contributed by atoms with Crippen LogP contribution in [0.4, 0.5) is 5.69 Å². The second-order valence-corrected chi connectivity index (χ2v) is 5.72. The second kappa shape index (κ2) is 8.80. The summed E-state index contributed by atoms with van der Waals surface area (Å²) in [6.07, 6.45) is 0.727. The van der Waals surface area contributed by atoms with E-state index in [0.29, 0.717) is 18.0 Å². The first-order valence-corrected chi connectivity index (χ1v) is 8.22. The molecule has 2 rings (SSSR count). The Kier molecular flexibility index (Phi) is 6.48. The number of aryl methyl sites for hydroxylation is 1. The molecule has 0 atom stereocenters. The number of nitrogens with one attached hydrogen (secondary N) is 1. The van der Waals surface area contributed by atoms with Crippen molar-refractivity contribution < 1.29 is 14.3 Å². The highest BCUT2D eigenvalue weighted by molar-refractivity contribution is 5.98. The minimum atomic E-state index is -0.431. The van der Waals surface area contributed by atoms with Crippen LogP contribution in [0.15, 0.2) is 41.2 Å². The molecule has 138 valence electrons. The second-order valence-electron chi connectivity index (χ2n) is 5.72. The molecule has 1 aromatic heterocycles. The van der Waals surface area contributed by atoms with Crippen molar-refractivity contribution in [2.45, 2.75) is 19.9 Å². The number of benzene rings is 1. The van der Waals surface area contributed by atoms with Gasteiger partial charge in [-0.1, -0.05) is 6.92 Å². The van der Waals surface area contributed by atoms with Gasteiger partial charge in [0.25, 0.3) is 11.5 Å². The normalized spacial score (nSPS) is 10.3. The molecule has 0 fully saturated rings. The number of hydrogen-bond acceptors (Lipinski definition) is 5. The standard InChI is InChI=1S/C18H22N4O4/c1-4-11-22-17(24)10-9-15(20-22)18(25)21(2)12-16(23)19-13-5-7-14(26-3)8-6-13/h5-10H,4,11-12H2,1-3H3,(H,19,23). The van der Waals surface area contributed by atoms with E-state index in [1.165, 1.54) is 28.8 Å². The first kappa shape index (κ1) is 19.2. The predicted octanol–water partition coefficient (Wildman–Crippen LogP) is 1.37. The monoisotopic (exact) mass is 358 g/mol. The summed E-state index contributed by atoms with van der Waals surface area (Å²) in [4.78, 5) is 37.5. The van der Waals surface area contributed by atoms with Crippen molar-refractivity contribution in [1.29, 1.82) is 0 Å². The highest BCUT2D eigenvalue weighted by Gasteiger charge is 2.17. The molecule has 0 aliphatic rings. The van der Waals surface area contributed by atoms with E-state index < -0.39 is 5.91 Å². The van der Waals surface area contributed by atoms with Crippen LogP contribution in [0.3, 0.4) is 0 Å². The van der Waals surface area contributed by atoms with Crippen molar-refractivity contribution in [3.05, 3.63) is 52.4 Å². The lowest BCUT2D eigenvalue weighted by molar-refractivity contribution is -0.116. The number of carbonyl (C=O) groups excluding carboxylic acids is 2. The molecule has 8 nitrogen and oxygen atoms in total. The van der Waals surface area contributed by atoms with Crippen LogP contribution >= 0.6 is 0 Å². The fourth-order valence-electron chi connectivity index (χ4n) is 2.29. The Hall–Kier alpha value is -3.16. The summed E-state index contributed by atoms with van der Waals surface area (Å²) in [5, 5.41) is 6.77. The molecular formula is C18H22N4O4. The molecule has 0 unspecified atom stereocenters. The van der Waals surface area contributed by atoms with Crippen LogP contribution in [0.25, 0.3) is 0 Å². The van der Waals surface area contributed by atoms with E-state index in [0.717, 1.165) is 6.42 Å². The average Bonchev–Trinajstić information content (AvgIpc) is 2.63. The van der Waals surface area contributed by atoms with E-state index in [1.54, 1.807) is 31.4 Å². The molecule has 0 aliphatic heterocycles. The van der Waals surface area contributed by atoms with Gasteiger partial charge in [0.2, 0.25) is 5.91 Å². The Bertz CT molecular complexity index is 830. The summed E-state index contributed by atoms with van der Waals surface area (Å²) >= 11 is 0. The fraction of sp³-hybridized carbons (Fsp3) is 0.333. The third kappa shape index (κ3) is 4.92. The van der Waals surface area contributed by atoms with Crippen molar-refractivity contribution in [2.24, 2.45) is 0 Å². The van der Waals surface area contributed by atoms with Crippen molar-refractivity contribution >= 4 is 17.5 Å². The van der Waals surface area contributed by atoms with Gasteiger partial charge in [-0.25, -0.2) is 4.68 Å². The van der Waals surface area contributed by atoms with Crippen LogP contribution in [0.1, 0.15) is 23.8 Å². The highest BCUT2D eigenvalue weighted by Crippen LogP contribution is 2.14. The topological polar surface area (TPSA) is 93.5 Å². The molecule has 0 saturated heterocycles. The molecule has 0 saturated carbocycles. The molecule has 2 amide bonds. The summed E-state index contributed by atoms with van der Waals surface area (Å²) < 4.78 is 6.31. The summed E-state index contributed by atoms with van der Waals surface area (Å²) in [6, 6.07) is 9.55. The van der Waals surface area contributed by atoms with Gasteiger partial charge in [-0.15, -0.1) is 0 Å². The third-order valence-corrected chi connectivity index (χ3v) is 3.62. The number of hydrogen-bond donors (Lipinski definition) is 1. The van der Waals surface area contributed by atoms with Crippen LogP contribution in [0, 0.1) is 0 Å². The van der Waals surface area contributed by atoms with Gasteiger partial charge in [0.05, 0.1) is 13.7 Å². The van der Waals surface area contributed by atoms with Gasteiger partial charge in [0.15, 0.2) is 0 Å². The van der Waals surface area contributed by atoms with E-state index in [1.807, 2.05) is 6.92 Å². The Morgan fingerprint density at radius 1 is 1.19 bits per heavy atom. The molecular weight excluding hydrogens is 336 g/mol. The molecule has 0 spiro atoms. The van der Waals surface area contributed by atoms with Crippen molar-refractivity contribution in [2.75, 3.05) is 26.0 Å². The number of likely N-dealkylation sites (N-methyl/N-ethyl adjacent to an activating group) is 1. The third-order valence-electron chi connectivity index (χ3n) is 3.62. The summed E-state index contributed by atoms with van der Waals surface area (Å²) in [6.45, 7) is 2.21. The number of nitrogens with zero attached hydrogens (tertiary/aromatic N) is 3. The molecule has 0 aliphatic carbocycles. The summed E-state index contributed by atoms with van der Waals surface area (Å²) in [7, 11) is 3.07. The summed E-state index contributed by atoms with van der Waals surface area (Å²) in [5.74, 6) is -0.0868. The zero-order chi connectivity index (χ0) is 19.1. The van der Waals surface area contributed by atoms with Crippen LogP contribution < -0.4 is 15.6 Å². The van der Waals surface area contributed by atoms with Crippen molar-refractivity contribution in [3.8, 4) is 5.75 Å². The summed E-state index contributed by atoms with van der Waals surface area (Å²) in [5.41, 5.74) is 0.465. The molecule has 26 heavy (non-hydrogen) atoms. The van der Waals surface area contributed by atoms with Gasteiger partial charge in [-0.05, 0) is 36.8 Å². The molecule has 8 heteroatoms. The minimum absolute atomic E-state index is 0.123. The van der Waals surface area contributed by atoms with Gasteiger partial charge in [0.1, 0.15) is 11.4 Å². The van der Waals surface area contributed by atoms with Gasteiger partial charge in [-0.3, -0.25) is 14.4 Å². The number of amides is 2. The SMILES string of the molecule is CCCn1nc(C(=O)N(C)CC(=O)Nc2ccc(OC)cc2)ccc1=O. The Morgan fingerprint density at radius 2 is 1.88 bits per heavy atom. The largest absolute Gasteiger partial charge is 0.497 e. The Morgan fingerprint density at radius 3 is 2.50 bits per heavy atom. The van der Waals surface area contributed by atoms with E-state index in [2.05, 4.69) is 10.4 Å². The fourth-order valence-corrected chi connectivity index (χ4v) is 2.29. The molecule has 1 heterocycles. The van der Waals surface area contributed by atoms with Crippen molar-refractivity contribution in [3.63, 3.8) is 0 Å². The number of carbonyl (C=O) groups is 2. The number of ether oxygens (including phenoxy) is 1. The molecule has 1 aromatic carbocycles. The van der Waals surface area contributed by atoms with Gasteiger partial charge >= 0.3 is 0 Å². The number of aromatic nitrogens is 2. The predicted molar refractivity (Wildman–Crippen MR) is 97.4 cm³/mol. The van der Waals surface area contributed by atoms with E-state index in [-0.39, 0.29) is 23.7 Å². The molecule has 0 radical (unpaired) electrons. The Balaban J connectivity index is 2.00. The number of rotatable bonds is 7. The highest BCUT2D eigenvalue weighted by atomic mass is 16.5. The van der Waals surface area contributed by atoms with Crippen LogP contribution in [0.2, 0.25) is 0 Å². The average molecular weight is 358 g/mol. The van der Waals surface area contributed by atoms with Gasteiger partial charge < -0.3 is 15.0 Å². The van der Waals surface area contributed by atoms with Crippen molar-refractivity contribution in [1.82, 2.24) is 14.7 Å². The van der Waals surface area contributed by atoms with Crippen LogP contribution in [0.5, 0.6) is 5.75 Å². The lowest BCUT2D eigenvalue weighted by atomic mass is 10.3. The lowest BCUT2D eigenvalue weighted by Crippen LogP contribution is -2.36. The maximum absolute atomic E-state index is 12.4. The molecule has 0 bridgehead atoms. The van der Waals surface area contributed by atoms with Gasteiger partial charge in [0, 0.05) is 25.3 Å². The molecule has 1 N–H and O–H groups in total. The van der Waals surface area contributed by atoms with Gasteiger partial charge in [-0.2, -0.15) is 5.10 Å². The number of anilines is 1. The molecule has 2 aromatic rings. The van der Waals surface area contributed by atoms with E-state index in [9.17, 15) is 14.4 Å². The van der Waals surface area contributed by atoms with Crippen LogP contribution in [-0.4, -0.2) is 47.2 Å². The maximum atomic E-state index is 12.4. The zero-order valence-electron chi connectivity index (χ0n) is 15.1. The van der Waals surface area contributed by atoms with E-state index >= 15 is 0 Å². The lowest BCUT2D eigenvalue weighted by Gasteiger charge is -2.17. The Labute approximate surface area is 151 Å². The van der Waals surface area contributed by atoms with E-state index in [4.69, 9.17) is 4.74 Å². The smallest absolute Gasteiger partial charge is 0.274 e. The first-order valence-electron chi connectivity index (χ1n) is 8.22. The minimum Gasteiger partial charge on any atom is -0.497 e. The quantitative estimate of drug-likeness (QED) is 0.807. The first-order chi connectivity index (χ1) is 12.4.